The zero-order valence-electron chi connectivity index (χ0n) is 19.8. The number of aromatic nitrogens is 1. The fraction of sp³-hybridized carbons (Fsp3) is 0.185. The molecule has 1 aliphatic rings. The number of hydrogen-bond donors (Lipinski definition) is 2. The molecule has 7 nitrogen and oxygen atoms in total. The first-order chi connectivity index (χ1) is 16.6. The van der Waals surface area contributed by atoms with Crippen LogP contribution < -0.4 is 10.2 Å². The van der Waals surface area contributed by atoms with Crippen molar-refractivity contribution in [3.8, 4) is 5.69 Å². The van der Waals surface area contributed by atoms with Crippen molar-refractivity contribution < 1.29 is 19.5 Å². The van der Waals surface area contributed by atoms with E-state index in [0.717, 1.165) is 17.0 Å². The predicted molar refractivity (Wildman–Crippen MR) is 139 cm³/mol. The first-order valence-electron chi connectivity index (χ1n) is 11.1. The van der Waals surface area contributed by atoms with Crippen LogP contribution in [0.1, 0.15) is 52.6 Å². The lowest BCUT2D eigenvalue weighted by atomic mass is 10.0. The summed E-state index contributed by atoms with van der Waals surface area (Å²) in [6.45, 7) is 7.90. The molecule has 1 aliphatic heterocycles. The molecule has 0 atom stereocenters. The van der Waals surface area contributed by atoms with Gasteiger partial charge in [0.15, 0.2) is 5.11 Å². The summed E-state index contributed by atoms with van der Waals surface area (Å²) in [5, 5.41) is 12.0. The number of rotatable bonds is 5. The number of aryl methyl sites for hydroxylation is 1. The van der Waals surface area contributed by atoms with Crippen molar-refractivity contribution in [2.75, 3.05) is 4.90 Å². The average molecular weight is 488 g/mol. The summed E-state index contributed by atoms with van der Waals surface area (Å²) in [5.41, 5.74) is 4.78. The average Bonchev–Trinajstić information content (AvgIpc) is 3.09. The predicted octanol–water partition coefficient (Wildman–Crippen LogP) is 4.75. The zero-order chi connectivity index (χ0) is 25.4. The van der Waals surface area contributed by atoms with E-state index in [-0.39, 0.29) is 16.2 Å². The lowest BCUT2D eigenvalue weighted by Gasteiger charge is -2.29. The van der Waals surface area contributed by atoms with Crippen LogP contribution in [0.4, 0.5) is 5.69 Å². The van der Waals surface area contributed by atoms with E-state index in [1.807, 2.05) is 54.8 Å². The van der Waals surface area contributed by atoms with Gasteiger partial charge in [0.05, 0.1) is 11.3 Å². The Labute approximate surface area is 208 Å². The number of carbonyl (C=O) groups is 3. The summed E-state index contributed by atoms with van der Waals surface area (Å²) in [6, 6.07) is 16.0. The highest BCUT2D eigenvalue weighted by Gasteiger charge is 2.34. The van der Waals surface area contributed by atoms with Gasteiger partial charge in [0, 0.05) is 17.1 Å². The smallest absolute Gasteiger partial charge is 0.335 e. The minimum atomic E-state index is -1.02. The Bertz CT molecular complexity index is 1400. The van der Waals surface area contributed by atoms with Gasteiger partial charge in [-0.05, 0) is 85.6 Å². The van der Waals surface area contributed by atoms with Gasteiger partial charge in [-0.1, -0.05) is 32.0 Å². The van der Waals surface area contributed by atoms with E-state index in [4.69, 9.17) is 12.2 Å². The van der Waals surface area contributed by atoms with Crippen molar-refractivity contribution in [1.29, 1.82) is 0 Å². The van der Waals surface area contributed by atoms with Crippen LogP contribution in [-0.4, -0.2) is 32.6 Å². The van der Waals surface area contributed by atoms with Crippen LogP contribution in [0.2, 0.25) is 0 Å². The number of carboxylic acids is 1. The van der Waals surface area contributed by atoms with Crippen LogP contribution in [0.25, 0.3) is 11.8 Å². The van der Waals surface area contributed by atoms with E-state index in [2.05, 4.69) is 19.2 Å². The monoisotopic (exact) mass is 487 g/mol. The molecule has 8 heteroatoms. The third-order valence-corrected chi connectivity index (χ3v) is 6.33. The van der Waals surface area contributed by atoms with Gasteiger partial charge in [-0.15, -0.1) is 0 Å². The molecule has 3 aromatic rings. The summed E-state index contributed by atoms with van der Waals surface area (Å²) in [6.07, 6.45) is 1.55. The Morgan fingerprint density at radius 1 is 1.03 bits per heavy atom. The Kier molecular flexibility index (Phi) is 6.41. The van der Waals surface area contributed by atoms with E-state index in [0.29, 0.717) is 22.9 Å². The number of carbonyl (C=O) groups excluding carboxylic acids is 2. The number of benzene rings is 2. The maximum absolute atomic E-state index is 13.4. The van der Waals surface area contributed by atoms with Crippen molar-refractivity contribution in [3.63, 3.8) is 0 Å². The number of carboxylic acid groups (broad SMARTS) is 1. The number of anilines is 1. The number of hydrogen-bond acceptors (Lipinski definition) is 4. The van der Waals surface area contributed by atoms with Crippen LogP contribution >= 0.6 is 12.2 Å². The molecule has 0 radical (unpaired) electrons. The first kappa shape index (κ1) is 24.1. The second kappa shape index (κ2) is 9.31. The van der Waals surface area contributed by atoms with E-state index in [1.165, 1.54) is 11.0 Å². The third kappa shape index (κ3) is 4.52. The molecular formula is C27H25N3O4S. The first-order valence-corrected chi connectivity index (χ1v) is 11.5. The lowest BCUT2D eigenvalue weighted by molar-refractivity contribution is -0.122. The molecule has 178 valence electrons. The van der Waals surface area contributed by atoms with Gasteiger partial charge < -0.3 is 9.67 Å². The largest absolute Gasteiger partial charge is 0.478 e. The van der Waals surface area contributed by atoms with E-state index < -0.39 is 17.8 Å². The molecule has 1 aromatic heterocycles. The Morgan fingerprint density at radius 2 is 1.71 bits per heavy atom. The summed E-state index contributed by atoms with van der Waals surface area (Å²) >= 11 is 5.31. The molecule has 0 unspecified atom stereocenters. The SMILES string of the molecule is Cc1cc(/C=C2\C(=O)NC(=S)N(c3ccc(C(C)C)cc3)C2=O)c(C)n1-c1cccc(C(=O)O)c1. The molecule has 0 spiro atoms. The molecule has 2 heterocycles. The minimum Gasteiger partial charge on any atom is -0.478 e. The van der Waals surface area contributed by atoms with Gasteiger partial charge in [-0.25, -0.2) is 4.79 Å². The number of nitrogens with one attached hydrogen (secondary N) is 1. The maximum atomic E-state index is 13.4. The highest BCUT2D eigenvalue weighted by molar-refractivity contribution is 7.80. The molecule has 1 fully saturated rings. The minimum absolute atomic E-state index is 0.0328. The van der Waals surface area contributed by atoms with E-state index in [9.17, 15) is 19.5 Å². The highest BCUT2D eigenvalue weighted by atomic mass is 32.1. The fourth-order valence-electron chi connectivity index (χ4n) is 4.16. The van der Waals surface area contributed by atoms with Crippen LogP contribution in [0.3, 0.4) is 0 Å². The molecule has 0 aliphatic carbocycles. The Balaban J connectivity index is 1.73. The maximum Gasteiger partial charge on any atom is 0.335 e. The van der Waals surface area contributed by atoms with Gasteiger partial charge >= 0.3 is 5.97 Å². The standard InChI is InChI=1S/C27H25N3O4S/c1-15(2)18-8-10-21(11-9-18)30-25(32)23(24(31)28-27(30)35)14-20-12-16(3)29(17(20)4)22-7-5-6-19(13-22)26(33)34/h5-15H,1-4H3,(H,33,34)(H,28,31,35)/b23-14+. The van der Waals surface area contributed by atoms with E-state index in [1.54, 1.807) is 18.2 Å². The van der Waals surface area contributed by atoms with Crippen molar-refractivity contribution in [3.05, 3.63) is 88.2 Å². The van der Waals surface area contributed by atoms with Crippen LogP contribution in [0, 0.1) is 13.8 Å². The van der Waals surface area contributed by atoms with Crippen molar-refractivity contribution in [2.24, 2.45) is 0 Å². The molecule has 1 saturated heterocycles. The topological polar surface area (TPSA) is 91.6 Å². The lowest BCUT2D eigenvalue weighted by Crippen LogP contribution is -2.54. The van der Waals surface area contributed by atoms with Crippen molar-refractivity contribution >= 4 is 46.9 Å². The number of aromatic carboxylic acids is 1. The Morgan fingerprint density at radius 3 is 2.34 bits per heavy atom. The second-order valence-corrected chi connectivity index (χ2v) is 9.11. The van der Waals surface area contributed by atoms with Gasteiger partial charge in [0.2, 0.25) is 0 Å². The molecule has 35 heavy (non-hydrogen) atoms. The second-order valence-electron chi connectivity index (χ2n) is 8.72. The van der Waals surface area contributed by atoms with Crippen LogP contribution in [0.5, 0.6) is 0 Å². The summed E-state index contributed by atoms with van der Waals surface area (Å²) in [4.78, 5) is 38.9. The number of amides is 2. The van der Waals surface area contributed by atoms with Crippen LogP contribution in [-0.2, 0) is 9.59 Å². The third-order valence-electron chi connectivity index (χ3n) is 6.04. The summed E-state index contributed by atoms with van der Waals surface area (Å²) < 4.78 is 1.89. The number of nitrogens with zero attached hydrogens (tertiary/aromatic N) is 2. The molecular weight excluding hydrogens is 462 g/mol. The van der Waals surface area contributed by atoms with Gasteiger partial charge in [0.1, 0.15) is 5.57 Å². The summed E-state index contributed by atoms with van der Waals surface area (Å²) in [7, 11) is 0. The van der Waals surface area contributed by atoms with Gasteiger partial charge in [-0.2, -0.15) is 0 Å². The molecule has 2 aromatic carbocycles. The number of thiocarbonyl (C=S) groups is 1. The van der Waals surface area contributed by atoms with Gasteiger partial charge in [-0.3, -0.25) is 19.8 Å². The fourth-order valence-corrected chi connectivity index (χ4v) is 4.45. The molecule has 0 bridgehead atoms. The molecule has 2 N–H and O–H groups in total. The molecule has 2 amide bonds. The normalized spacial score (nSPS) is 15.2. The Hall–Kier alpha value is -4.04. The van der Waals surface area contributed by atoms with Crippen LogP contribution in [0.15, 0.2) is 60.2 Å². The summed E-state index contributed by atoms with van der Waals surface area (Å²) in [5.74, 6) is -1.74. The highest BCUT2D eigenvalue weighted by Crippen LogP contribution is 2.27. The van der Waals surface area contributed by atoms with Crippen molar-refractivity contribution in [2.45, 2.75) is 33.6 Å². The van der Waals surface area contributed by atoms with E-state index >= 15 is 0 Å². The zero-order valence-corrected chi connectivity index (χ0v) is 20.6. The molecule has 0 saturated carbocycles. The molecule has 4 rings (SSSR count). The quantitative estimate of drug-likeness (QED) is 0.308. The van der Waals surface area contributed by atoms with Crippen molar-refractivity contribution in [1.82, 2.24) is 9.88 Å². The van der Waals surface area contributed by atoms with Gasteiger partial charge in [0.25, 0.3) is 11.8 Å².